The molecule has 0 saturated heterocycles. The molecule has 0 radical (unpaired) electrons. The average Bonchev–Trinajstić information content (AvgIpc) is 2.42. The fourth-order valence-corrected chi connectivity index (χ4v) is 2.32. The molecule has 0 heterocycles. The fraction of sp³-hybridized carbons (Fsp3) is 0.588. The third kappa shape index (κ3) is 5.85. The summed E-state index contributed by atoms with van der Waals surface area (Å²) in [5, 5.41) is 0. The Hall–Kier alpha value is -1.19. The van der Waals surface area contributed by atoms with Crippen LogP contribution in [0.2, 0.25) is 0 Å². The second-order valence-electron chi connectivity index (χ2n) is 5.58. The van der Waals surface area contributed by atoms with Gasteiger partial charge in [0.15, 0.2) is 5.78 Å². The molecule has 1 aromatic carbocycles. The van der Waals surface area contributed by atoms with Crippen LogP contribution >= 0.6 is 0 Å². The van der Waals surface area contributed by atoms with Gasteiger partial charge in [0.25, 0.3) is 0 Å². The molecule has 112 valence electrons. The summed E-state index contributed by atoms with van der Waals surface area (Å²) >= 11 is 0. The van der Waals surface area contributed by atoms with Gasteiger partial charge in [0, 0.05) is 18.5 Å². The van der Waals surface area contributed by atoms with E-state index >= 15 is 0 Å². The van der Waals surface area contributed by atoms with Crippen LogP contribution in [-0.2, 0) is 0 Å². The third-order valence-corrected chi connectivity index (χ3v) is 3.63. The Bertz CT molecular complexity index is 415. The number of carbonyl (C=O) groups excluding carboxylic acids is 1. The molecule has 0 unspecified atom stereocenters. The van der Waals surface area contributed by atoms with Gasteiger partial charge in [0.1, 0.15) is 0 Å². The predicted octanol–water partition coefficient (Wildman–Crippen LogP) is 2.84. The van der Waals surface area contributed by atoms with Gasteiger partial charge in [0.2, 0.25) is 0 Å². The van der Waals surface area contributed by atoms with Crippen LogP contribution in [0.1, 0.15) is 35.7 Å². The molecule has 0 aliphatic carbocycles. The van der Waals surface area contributed by atoms with E-state index in [1.807, 2.05) is 31.2 Å². The molecule has 1 aromatic rings. The molecule has 0 amide bonds. The Morgan fingerprint density at radius 3 is 2.40 bits per heavy atom. The van der Waals surface area contributed by atoms with Crippen molar-refractivity contribution in [3.63, 3.8) is 0 Å². The Balaban J connectivity index is 2.40. The molecular weight excluding hydrogens is 248 g/mol. The molecule has 0 saturated carbocycles. The molecule has 0 spiro atoms. The monoisotopic (exact) mass is 276 g/mol. The van der Waals surface area contributed by atoms with Gasteiger partial charge >= 0.3 is 0 Å². The van der Waals surface area contributed by atoms with E-state index in [9.17, 15) is 4.79 Å². The topological polar surface area (TPSA) is 23.6 Å². The fourth-order valence-electron chi connectivity index (χ4n) is 2.32. The summed E-state index contributed by atoms with van der Waals surface area (Å²) in [6.45, 7) is 8.19. The van der Waals surface area contributed by atoms with E-state index in [1.54, 1.807) is 0 Å². The van der Waals surface area contributed by atoms with Gasteiger partial charge in [-0.05, 0) is 52.6 Å². The lowest BCUT2D eigenvalue weighted by molar-refractivity contribution is 0.0964. The molecule has 0 fully saturated rings. The number of rotatable bonds is 9. The molecule has 3 heteroatoms. The van der Waals surface area contributed by atoms with E-state index < -0.39 is 0 Å². The van der Waals surface area contributed by atoms with E-state index in [0.717, 1.165) is 43.7 Å². The van der Waals surface area contributed by atoms with Gasteiger partial charge in [-0.25, -0.2) is 0 Å². The zero-order chi connectivity index (χ0) is 15.0. The Morgan fingerprint density at radius 1 is 1.10 bits per heavy atom. The van der Waals surface area contributed by atoms with Gasteiger partial charge in [-0.15, -0.1) is 0 Å². The summed E-state index contributed by atoms with van der Waals surface area (Å²) in [4.78, 5) is 16.8. The third-order valence-electron chi connectivity index (χ3n) is 3.63. The highest BCUT2D eigenvalue weighted by Gasteiger charge is 2.10. The number of nitrogens with zero attached hydrogens (tertiary/aromatic N) is 2. The van der Waals surface area contributed by atoms with Crippen LogP contribution in [-0.4, -0.2) is 55.9 Å². The highest BCUT2D eigenvalue weighted by molar-refractivity contribution is 5.97. The number of ketones is 1. The van der Waals surface area contributed by atoms with Crippen molar-refractivity contribution in [2.75, 3.05) is 40.3 Å². The van der Waals surface area contributed by atoms with Crippen LogP contribution in [0.4, 0.5) is 0 Å². The first-order chi connectivity index (χ1) is 9.54. The standard InChI is InChI=1S/C17H28N2O/c1-5-19(13-8-12-18(3)4)14-11-17(20)16-10-7-6-9-15(16)2/h6-7,9-10H,5,8,11-14H2,1-4H3. The van der Waals surface area contributed by atoms with Crippen LogP contribution in [0.15, 0.2) is 24.3 Å². The predicted molar refractivity (Wildman–Crippen MR) is 85.4 cm³/mol. The van der Waals surface area contributed by atoms with Crippen molar-refractivity contribution in [1.82, 2.24) is 9.80 Å². The molecule has 1 rings (SSSR count). The summed E-state index contributed by atoms with van der Waals surface area (Å²) < 4.78 is 0. The number of hydrogen-bond acceptors (Lipinski definition) is 3. The molecule has 20 heavy (non-hydrogen) atoms. The number of hydrogen-bond donors (Lipinski definition) is 0. The summed E-state index contributed by atoms with van der Waals surface area (Å²) in [6.07, 6.45) is 1.76. The first kappa shape index (κ1) is 16.9. The second-order valence-corrected chi connectivity index (χ2v) is 5.58. The minimum absolute atomic E-state index is 0.258. The first-order valence-corrected chi connectivity index (χ1v) is 7.50. The van der Waals surface area contributed by atoms with Crippen molar-refractivity contribution in [3.8, 4) is 0 Å². The quantitative estimate of drug-likeness (QED) is 0.648. The van der Waals surface area contributed by atoms with Crippen molar-refractivity contribution in [2.24, 2.45) is 0 Å². The Morgan fingerprint density at radius 2 is 1.80 bits per heavy atom. The Labute approximate surface area is 123 Å². The lowest BCUT2D eigenvalue weighted by Crippen LogP contribution is -2.29. The van der Waals surface area contributed by atoms with Crippen LogP contribution < -0.4 is 0 Å². The maximum Gasteiger partial charge on any atom is 0.164 e. The molecular formula is C17H28N2O. The number of Topliss-reactive ketones (excluding diaryl/α,β-unsaturated/α-hetero) is 1. The van der Waals surface area contributed by atoms with E-state index in [1.165, 1.54) is 0 Å². The molecule has 0 atom stereocenters. The van der Waals surface area contributed by atoms with E-state index in [-0.39, 0.29) is 5.78 Å². The SMILES string of the molecule is CCN(CCCN(C)C)CCC(=O)c1ccccc1C. The summed E-state index contributed by atoms with van der Waals surface area (Å²) in [7, 11) is 4.19. The van der Waals surface area contributed by atoms with E-state index in [0.29, 0.717) is 6.42 Å². The second kappa shape index (κ2) is 8.88. The summed E-state index contributed by atoms with van der Waals surface area (Å²) in [5.41, 5.74) is 1.95. The van der Waals surface area contributed by atoms with Crippen molar-refractivity contribution >= 4 is 5.78 Å². The lowest BCUT2D eigenvalue weighted by atomic mass is 10.0. The zero-order valence-electron chi connectivity index (χ0n) is 13.4. The van der Waals surface area contributed by atoms with Gasteiger partial charge < -0.3 is 9.80 Å². The van der Waals surface area contributed by atoms with E-state index in [4.69, 9.17) is 0 Å². The smallest absolute Gasteiger partial charge is 0.164 e. The molecule has 3 nitrogen and oxygen atoms in total. The van der Waals surface area contributed by atoms with Crippen LogP contribution in [0.3, 0.4) is 0 Å². The number of benzene rings is 1. The number of aryl methyl sites for hydroxylation is 1. The van der Waals surface area contributed by atoms with Gasteiger partial charge in [-0.1, -0.05) is 31.2 Å². The zero-order valence-corrected chi connectivity index (χ0v) is 13.4. The largest absolute Gasteiger partial charge is 0.309 e. The molecule has 0 aromatic heterocycles. The number of carbonyl (C=O) groups is 1. The lowest BCUT2D eigenvalue weighted by Gasteiger charge is -2.21. The van der Waals surface area contributed by atoms with Gasteiger partial charge in [-0.3, -0.25) is 4.79 Å². The molecule has 0 aliphatic heterocycles. The van der Waals surface area contributed by atoms with Crippen LogP contribution in [0.25, 0.3) is 0 Å². The van der Waals surface area contributed by atoms with Crippen molar-refractivity contribution in [2.45, 2.75) is 26.7 Å². The van der Waals surface area contributed by atoms with Crippen LogP contribution in [0.5, 0.6) is 0 Å². The average molecular weight is 276 g/mol. The molecule has 0 N–H and O–H groups in total. The molecule has 0 bridgehead atoms. The molecule has 0 aliphatic rings. The van der Waals surface area contributed by atoms with E-state index in [2.05, 4.69) is 30.8 Å². The maximum absolute atomic E-state index is 12.2. The highest BCUT2D eigenvalue weighted by atomic mass is 16.1. The summed E-state index contributed by atoms with van der Waals surface area (Å²) in [6, 6.07) is 7.85. The maximum atomic E-state index is 12.2. The minimum atomic E-state index is 0.258. The minimum Gasteiger partial charge on any atom is -0.309 e. The Kier molecular flexibility index (Phi) is 7.48. The normalized spacial score (nSPS) is 11.3. The van der Waals surface area contributed by atoms with Crippen molar-refractivity contribution in [1.29, 1.82) is 0 Å². The van der Waals surface area contributed by atoms with Crippen LogP contribution in [0, 0.1) is 6.92 Å². The van der Waals surface area contributed by atoms with Crippen molar-refractivity contribution in [3.05, 3.63) is 35.4 Å². The summed E-state index contributed by atoms with van der Waals surface area (Å²) in [5.74, 6) is 0.258. The van der Waals surface area contributed by atoms with Gasteiger partial charge in [0.05, 0.1) is 0 Å². The van der Waals surface area contributed by atoms with Gasteiger partial charge in [-0.2, -0.15) is 0 Å². The van der Waals surface area contributed by atoms with Crippen molar-refractivity contribution < 1.29 is 4.79 Å². The first-order valence-electron chi connectivity index (χ1n) is 7.50. The highest BCUT2D eigenvalue weighted by Crippen LogP contribution is 2.10.